The molecule has 1 rings (SSSR count). The number of Topliss-reactive ketones (excluding diaryl/α,β-unsaturated/α-hetero) is 1. The SMILES string of the molecule is CC(=O)OCCOC(C)OC(=O)C(=O)c1ccccc1. The van der Waals surface area contributed by atoms with Crippen molar-refractivity contribution in [2.45, 2.75) is 20.1 Å². The average Bonchev–Trinajstić information content (AvgIpc) is 2.43. The highest BCUT2D eigenvalue weighted by Gasteiger charge is 2.20. The van der Waals surface area contributed by atoms with Gasteiger partial charge in [-0.25, -0.2) is 4.79 Å². The van der Waals surface area contributed by atoms with E-state index >= 15 is 0 Å². The van der Waals surface area contributed by atoms with Crippen LogP contribution in [-0.2, 0) is 23.8 Å². The van der Waals surface area contributed by atoms with E-state index in [0.717, 1.165) is 0 Å². The van der Waals surface area contributed by atoms with Crippen LogP contribution in [0, 0.1) is 0 Å². The van der Waals surface area contributed by atoms with Crippen molar-refractivity contribution in [1.82, 2.24) is 0 Å². The van der Waals surface area contributed by atoms with Gasteiger partial charge in [0.05, 0.1) is 6.61 Å². The van der Waals surface area contributed by atoms with Gasteiger partial charge in [-0.05, 0) is 6.92 Å². The minimum atomic E-state index is -0.990. The first-order valence-electron chi connectivity index (χ1n) is 6.06. The number of ether oxygens (including phenoxy) is 3. The van der Waals surface area contributed by atoms with Gasteiger partial charge < -0.3 is 14.2 Å². The van der Waals surface area contributed by atoms with Gasteiger partial charge in [-0.3, -0.25) is 9.59 Å². The number of carbonyl (C=O) groups is 3. The zero-order valence-corrected chi connectivity index (χ0v) is 11.3. The van der Waals surface area contributed by atoms with Crippen molar-refractivity contribution in [2.75, 3.05) is 13.2 Å². The maximum atomic E-state index is 11.7. The molecular weight excluding hydrogens is 264 g/mol. The number of ketones is 1. The monoisotopic (exact) mass is 280 g/mol. The number of rotatable bonds is 7. The van der Waals surface area contributed by atoms with Gasteiger partial charge in [-0.1, -0.05) is 30.3 Å². The van der Waals surface area contributed by atoms with Crippen LogP contribution in [0.3, 0.4) is 0 Å². The number of esters is 2. The molecule has 1 aromatic rings. The van der Waals surface area contributed by atoms with Crippen molar-refractivity contribution in [3.63, 3.8) is 0 Å². The third kappa shape index (κ3) is 5.62. The highest BCUT2D eigenvalue weighted by atomic mass is 16.7. The number of hydrogen-bond donors (Lipinski definition) is 0. The Labute approximate surface area is 116 Å². The van der Waals surface area contributed by atoms with Crippen molar-refractivity contribution < 1.29 is 28.6 Å². The van der Waals surface area contributed by atoms with Crippen LogP contribution >= 0.6 is 0 Å². The van der Waals surface area contributed by atoms with E-state index in [4.69, 9.17) is 9.47 Å². The summed E-state index contributed by atoms with van der Waals surface area (Å²) >= 11 is 0. The molecule has 20 heavy (non-hydrogen) atoms. The molecule has 0 amide bonds. The van der Waals surface area contributed by atoms with Crippen LogP contribution in [0.25, 0.3) is 0 Å². The van der Waals surface area contributed by atoms with Crippen molar-refractivity contribution >= 4 is 17.7 Å². The summed E-state index contributed by atoms with van der Waals surface area (Å²) < 4.78 is 14.5. The summed E-state index contributed by atoms with van der Waals surface area (Å²) in [6.45, 7) is 2.89. The minimum Gasteiger partial charge on any atom is -0.463 e. The summed E-state index contributed by atoms with van der Waals surface area (Å²) in [5, 5.41) is 0. The molecular formula is C14H16O6. The van der Waals surface area contributed by atoms with E-state index in [0.29, 0.717) is 0 Å². The van der Waals surface area contributed by atoms with E-state index in [1.165, 1.54) is 26.0 Å². The maximum absolute atomic E-state index is 11.7. The van der Waals surface area contributed by atoms with Crippen LogP contribution in [0.5, 0.6) is 0 Å². The van der Waals surface area contributed by atoms with Crippen LogP contribution in [-0.4, -0.2) is 37.2 Å². The van der Waals surface area contributed by atoms with Gasteiger partial charge in [0.15, 0.2) is 0 Å². The Morgan fingerprint density at radius 3 is 2.35 bits per heavy atom. The fourth-order valence-corrected chi connectivity index (χ4v) is 1.35. The molecule has 0 aromatic heterocycles. The highest BCUT2D eigenvalue weighted by Crippen LogP contribution is 2.03. The summed E-state index contributed by atoms with van der Waals surface area (Å²) in [6.07, 6.45) is -0.897. The number of carbonyl (C=O) groups excluding carboxylic acids is 3. The number of hydrogen-bond acceptors (Lipinski definition) is 6. The summed E-state index contributed by atoms with van der Waals surface area (Å²) in [7, 11) is 0. The summed E-state index contributed by atoms with van der Waals surface area (Å²) in [5.41, 5.74) is 0.254. The molecule has 0 aliphatic heterocycles. The third-order valence-corrected chi connectivity index (χ3v) is 2.24. The van der Waals surface area contributed by atoms with Gasteiger partial charge in [0.25, 0.3) is 5.78 Å². The predicted molar refractivity (Wildman–Crippen MR) is 68.9 cm³/mol. The van der Waals surface area contributed by atoms with Crippen LogP contribution < -0.4 is 0 Å². The zero-order valence-electron chi connectivity index (χ0n) is 11.3. The van der Waals surface area contributed by atoms with E-state index in [1.54, 1.807) is 18.2 Å². The van der Waals surface area contributed by atoms with Gasteiger partial charge in [0.2, 0.25) is 6.29 Å². The molecule has 0 aliphatic rings. The van der Waals surface area contributed by atoms with Crippen LogP contribution in [0.2, 0.25) is 0 Å². The molecule has 1 unspecified atom stereocenters. The Kier molecular flexibility index (Phi) is 6.39. The van der Waals surface area contributed by atoms with Crippen molar-refractivity contribution in [3.05, 3.63) is 35.9 Å². The van der Waals surface area contributed by atoms with E-state index in [2.05, 4.69) is 4.74 Å². The summed E-state index contributed by atoms with van der Waals surface area (Å²) in [4.78, 5) is 33.8. The van der Waals surface area contributed by atoms with Crippen LogP contribution in [0.4, 0.5) is 0 Å². The van der Waals surface area contributed by atoms with Crippen molar-refractivity contribution in [2.24, 2.45) is 0 Å². The first-order valence-corrected chi connectivity index (χ1v) is 6.06. The Morgan fingerprint density at radius 1 is 1.10 bits per heavy atom. The van der Waals surface area contributed by atoms with Gasteiger partial charge in [-0.2, -0.15) is 0 Å². The van der Waals surface area contributed by atoms with Crippen LogP contribution in [0.15, 0.2) is 30.3 Å². The fraction of sp³-hybridized carbons (Fsp3) is 0.357. The van der Waals surface area contributed by atoms with E-state index in [1.807, 2.05) is 0 Å². The smallest absolute Gasteiger partial charge is 0.381 e. The largest absolute Gasteiger partial charge is 0.463 e. The molecule has 0 radical (unpaired) electrons. The Balaban J connectivity index is 2.34. The summed E-state index contributed by atoms with van der Waals surface area (Å²) in [5.74, 6) is -2.14. The molecule has 0 saturated heterocycles. The Morgan fingerprint density at radius 2 is 1.75 bits per heavy atom. The molecule has 1 atom stereocenters. The topological polar surface area (TPSA) is 78.9 Å². The van der Waals surface area contributed by atoms with E-state index in [9.17, 15) is 14.4 Å². The lowest BCUT2D eigenvalue weighted by Crippen LogP contribution is -2.25. The fourth-order valence-electron chi connectivity index (χ4n) is 1.35. The second kappa shape index (κ2) is 8.06. The molecule has 0 spiro atoms. The molecule has 0 aliphatic carbocycles. The van der Waals surface area contributed by atoms with Gasteiger partial charge >= 0.3 is 11.9 Å². The zero-order chi connectivity index (χ0) is 15.0. The second-order valence-corrected chi connectivity index (χ2v) is 3.88. The average molecular weight is 280 g/mol. The van der Waals surface area contributed by atoms with Gasteiger partial charge in [0.1, 0.15) is 6.61 Å². The lowest BCUT2D eigenvalue weighted by atomic mass is 10.1. The summed E-state index contributed by atoms with van der Waals surface area (Å²) in [6, 6.07) is 8.09. The van der Waals surface area contributed by atoms with Gasteiger partial charge in [0, 0.05) is 12.5 Å². The second-order valence-electron chi connectivity index (χ2n) is 3.88. The first-order chi connectivity index (χ1) is 9.50. The van der Waals surface area contributed by atoms with Gasteiger partial charge in [-0.15, -0.1) is 0 Å². The highest BCUT2D eigenvalue weighted by molar-refractivity contribution is 6.40. The third-order valence-electron chi connectivity index (χ3n) is 2.24. The quantitative estimate of drug-likeness (QED) is 0.246. The Hall–Kier alpha value is -2.21. The molecule has 0 bridgehead atoms. The lowest BCUT2D eigenvalue weighted by Gasteiger charge is -2.13. The molecule has 6 heteroatoms. The van der Waals surface area contributed by atoms with E-state index in [-0.39, 0.29) is 18.8 Å². The maximum Gasteiger partial charge on any atom is 0.381 e. The molecule has 0 N–H and O–H groups in total. The lowest BCUT2D eigenvalue weighted by molar-refractivity contribution is -0.173. The first kappa shape index (κ1) is 15.8. The molecule has 6 nitrogen and oxygen atoms in total. The standard InChI is InChI=1S/C14H16O6/c1-10(15)18-8-9-19-11(2)20-14(17)13(16)12-6-4-3-5-7-12/h3-7,11H,8-9H2,1-2H3. The normalized spacial score (nSPS) is 11.5. The van der Waals surface area contributed by atoms with Crippen LogP contribution in [0.1, 0.15) is 24.2 Å². The minimum absolute atomic E-state index is 0.0594. The molecule has 0 saturated carbocycles. The van der Waals surface area contributed by atoms with E-state index < -0.39 is 24.0 Å². The predicted octanol–water partition coefficient (Wildman–Crippen LogP) is 1.34. The molecule has 108 valence electrons. The van der Waals surface area contributed by atoms with Crippen molar-refractivity contribution in [3.8, 4) is 0 Å². The molecule has 0 heterocycles. The van der Waals surface area contributed by atoms with Crippen molar-refractivity contribution in [1.29, 1.82) is 0 Å². The molecule has 0 fully saturated rings. The number of benzene rings is 1. The molecule has 1 aromatic carbocycles. The Bertz CT molecular complexity index is 468.